The Kier molecular flexibility index (Phi) is 5.06. The van der Waals surface area contributed by atoms with Crippen molar-refractivity contribution in [2.45, 2.75) is 45.8 Å². The van der Waals surface area contributed by atoms with Crippen LogP contribution in [0.15, 0.2) is 24.3 Å². The average Bonchev–Trinajstić information content (AvgIpc) is 2.46. The zero-order valence-electron chi connectivity index (χ0n) is 13.4. The first-order chi connectivity index (χ1) is 9.52. The van der Waals surface area contributed by atoms with E-state index < -0.39 is 0 Å². The number of hydrogen-bond acceptors (Lipinski definition) is 3. The lowest BCUT2D eigenvalue weighted by Gasteiger charge is -2.45. The first-order valence-corrected chi connectivity index (χ1v) is 7.66. The van der Waals surface area contributed by atoms with Gasteiger partial charge in [0, 0.05) is 31.2 Å². The Hall–Kier alpha value is -1.06. The van der Waals surface area contributed by atoms with E-state index in [-0.39, 0.29) is 0 Å². The number of piperazine rings is 1. The van der Waals surface area contributed by atoms with Crippen molar-refractivity contribution in [1.29, 1.82) is 0 Å². The van der Waals surface area contributed by atoms with Gasteiger partial charge >= 0.3 is 0 Å². The summed E-state index contributed by atoms with van der Waals surface area (Å²) < 4.78 is 5.25. The van der Waals surface area contributed by atoms with Gasteiger partial charge in [0.15, 0.2) is 0 Å². The Morgan fingerprint density at radius 1 is 1.20 bits per heavy atom. The van der Waals surface area contributed by atoms with E-state index in [2.05, 4.69) is 62.2 Å². The van der Waals surface area contributed by atoms with Gasteiger partial charge in [-0.15, -0.1) is 0 Å². The summed E-state index contributed by atoms with van der Waals surface area (Å²) in [6, 6.07) is 10.1. The predicted octanol–water partition coefficient (Wildman–Crippen LogP) is 3.07. The Morgan fingerprint density at radius 3 is 2.40 bits per heavy atom. The molecule has 1 aromatic rings. The van der Waals surface area contributed by atoms with Gasteiger partial charge in [-0.3, -0.25) is 4.90 Å². The fourth-order valence-corrected chi connectivity index (χ4v) is 3.09. The highest BCUT2D eigenvalue weighted by Crippen LogP contribution is 2.28. The maximum absolute atomic E-state index is 5.25. The minimum atomic E-state index is 0.442. The highest BCUT2D eigenvalue weighted by atomic mass is 16.5. The molecule has 0 saturated carbocycles. The molecular weight excluding hydrogens is 248 g/mol. The van der Waals surface area contributed by atoms with Crippen molar-refractivity contribution in [2.75, 3.05) is 20.2 Å². The van der Waals surface area contributed by atoms with Crippen molar-refractivity contribution in [3.8, 4) is 5.75 Å². The molecule has 112 valence electrons. The number of benzene rings is 1. The van der Waals surface area contributed by atoms with Crippen molar-refractivity contribution in [3.63, 3.8) is 0 Å². The summed E-state index contributed by atoms with van der Waals surface area (Å²) in [4.78, 5) is 2.65. The summed E-state index contributed by atoms with van der Waals surface area (Å²) in [6.07, 6.45) is 0. The topological polar surface area (TPSA) is 24.5 Å². The maximum Gasteiger partial charge on any atom is 0.118 e. The molecule has 0 bridgehead atoms. The lowest BCUT2D eigenvalue weighted by molar-refractivity contribution is 0.0657. The van der Waals surface area contributed by atoms with Gasteiger partial charge in [0.05, 0.1) is 7.11 Å². The van der Waals surface area contributed by atoms with Crippen LogP contribution in [0, 0.1) is 5.92 Å². The minimum absolute atomic E-state index is 0.442. The molecule has 1 aliphatic rings. The first-order valence-electron chi connectivity index (χ1n) is 7.66. The zero-order chi connectivity index (χ0) is 14.7. The van der Waals surface area contributed by atoms with Gasteiger partial charge < -0.3 is 10.1 Å². The molecule has 0 spiro atoms. The Bertz CT molecular complexity index is 416. The molecular formula is C17H28N2O. The van der Waals surface area contributed by atoms with E-state index >= 15 is 0 Å². The summed E-state index contributed by atoms with van der Waals surface area (Å²) in [5.74, 6) is 1.59. The first kappa shape index (κ1) is 15.3. The normalized spacial score (nSPS) is 25.7. The van der Waals surface area contributed by atoms with Gasteiger partial charge in [-0.25, -0.2) is 0 Å². The van der Waals surface area contributed by atoms with E-state index in [1.807, 2.05) is 0 Å². The van der Waals surface area contributed by atoms with Crippen LogP contribution in [-0.2, 0) is 0 Å². The third-order valence-electron chi connectivity index (χ3n) is 4.45. The quantitative estimate of drug-likeness (QED) is 0.914. The molecule has 1 N–H and O–H groups in total. The highest BCUT2D eigenvalue weighted by molar-refractivity contribution is 5.29. The van der Waals surface area contributed by atoms with E-state index in [9.17, 15) is 0 Å². The van der Waals surface area contributed by atoms with E-state index in [0.29, 0.717) is 24.0 Å². The monoisotopic (exact) mass is 276 g/mol. The number of nitrogens with one attached hydrogen (secondary N) is 1. The van der Waals surface area contributed by atoms with E-state index in [1.54, 1.807) is 7.11 Å². The SMILES string of the molecule is COc1ccc(C(C)N2CC(C)NCC2C(C)C)cc1. The molecule has 0 amide bonds. The van der Waals surface area contributed by atoms with Crippen LogP contribution in [0.1, 0.15) is 39.3 Å². The molecule has 3 heteroatoms. The van der Waals surface area contributed by atoms with Crippen molar-refractivity contribution in [2.24, 2.45) is 5.92 Å². The second-order valence-corrected chi connectivity index (χ2v) is 6.27. The van der Waals surface area contributed by atoms with E-state index in [4.69, 9.17) is 4.74 Å². The second kappa shape index (κ2) is 6.59. The molecule has 0 aromatic heterocycles. The fourth-order valence-electron chi connectivity index (χ4n) is 3.09. The molecule has 1 saturated heterocycles. The molecule has 20 heavy (non-hydrogen) atoms. The smallest absolute Gasteiger partial charge is 0.118 e. The summed E-state index contributed by atoms with van der Waals surface area (Å²) in [5.41, 5.74) is 1.37. The molecule has 0 aliphatic carbocycles. The van der Waals surface area contributed by atoms with Gasteiger partial charge in [0.1, 0.15) is 5.75 Å². The third-order valence-corrected chi connectivity index (χ3v) is 4.45. The van der Waals surface area contributed by atoms with Crippen LogP contribution in [0.25, 0.3) is 0 Å². The summed E-state index contributed by atoms with van der Waals surface area (Å²) in [7, 11) is 1.71. The van der Waals surface area contributed by atoms with Crippen LogP contribution in [-0.4, -0.2) is 37.2 Å². The maximum atomic E-state index is 5.25. The lowest BCUT2D eigenvalue weighted by Crippen LogP contribution is -2.57. The zero-order valence-corrected chi connectivity index (χ0v) is 13.4. The highest BCUT2D eigenvalue weighted by Gasteiger charge is 2.31. The molecule has 1 heterocycles. The molecule has 3 atom stereocenters. The predicted molar refractivity (Wildman–Crippen MR) is 84.2 cm³/mol. The van der Waals surface area contributed by atoms with E-state index in [1.165, 1.54) is 5.56 Å². The van der Waals surface area contributed by atoms with Crippen molar-refractivity contribution >= 4 is 0 Å². The van der Waals surface area contributed by atoms with Gasteiger partial charge in [-0.1, -0.05) is 26.0 Å². The average molecular weight is 276 g/mol. The molecule has 1 aliphatic heterocycles. The Labute approximate surface area is 123 Å². The number of methoxy groups -OCH3 is 1. The largest absolute Gasteiger partial charge is 0.497 e. The number of ether oxygens (including phenoxy) is 1. The van der Waals surface area contributed by atoms with Crippen molar-refractivity contribution in [3.05, 3.63) is 29.8 Å². The summed E-state index contributed by atoms with van der Waals surface area (Å²) in [6.45, 7) is 11.4. The second-order valence-electron chi connectivity index (χ2n) is 6.27. The fraction of sp³-hybridized carbons (Fsp3) is 0.647. The molecule has 2 rings (SSSR count). The van der Waals surface area contributed by atoms with Crippen molar-refractivity contribution < 1.29 is 4.74 Å². The van der Waals surface area contributed by atoms with Gasteiger partial charge in [0.2, 0.25) is 0 Å². The van der Waals surface area contributed by atoms with Crippen LogP contribution in [0.4, 0.5) is 0 Å². The molecule has 1 fully saturated rings. The molecule has 1 aromatic carbocycles. The Balaban J connectivity index is 2.16. The van der Waals surface area contributed by atoms with Crippen LogP contribution >= 0.6 is 0 Å². The summed E-state index contributed by atoms with van der Waals surface area (Å²) >= 11 is 0. The number of nitrogens with zero attached hydrogens (tertiary/aromatic N) is 1. The Morgan fingerprint density at radius 2 is 1.85 bits per heavy atom. The van der Waals surface area contributed by atoms with Gasteiger partial charge in [-0.05, 0) is 37.5 Å². The number of rotatable bonds is 4. The minimum Gasteiger partial charge on any atom is -0.497 e. The lowest BCUT2D eigenvalue weighted by atomic mass is 9.95. The standard InChI is InChI=1S/C17H28N2O/c1-12(2)17-10-18-13(3)11-19(17)14(4)15-6-8-16(20-5)9-7-15/h6-9,12-14,17-18H,10-11H2,1-5H3. The molecule has 3 nitrogen and oxygen atoms in total. The van der Waals surface area contributed by atoms with Crippen LogP contribution in [0.2, 0.25) is 0 Å². The summed E-state index contributed by atoms with van der Waals surface area (Å²) in [5, 5.41) is 3.61. The van der Waals surface area contributed by atoms with Crippen LogP contribution in [0.3, 0.4) is 0 Å². The van der Waals surface area contributed by atoms with E-state index in [0.717, 1.165) is 18.8 Å². The van der Waals surface area contributed by atoms with Crippen LogP contribution in [0.5, 0.6) is 5.75 Å². The van der Waals surface area contributed by atoms with Gasteiger partial charge in [0.25, 0.3) is 0 Å². The van der Waals surface area contributed by atoms with Crippen molar-refractivity contribution in [1.82, 2.24) is 10.2 Å². The number of hydrogen-bond donors (Lipinski definition) is 1. The molecule has 0 radical (unpaired) electrons. The molecule has 3 unspecified atom stereocenters. The van der Waals surface area contributed by atoms with Crippen LogP contribution < -0.4 is 10.1 Å². The van der Waals surface area contributed by atoms with Gasteiger partial charge in [-0.2, -0.15) is 0 Å². The third kappa shape index (κ3) is 3.33.